The summed E-state index contributed by atoms with van der Waals surface area (Å²) >= 11 is 0. The number of anilines is 1. The Kier molecular flexibility index (Phi) is 4.43. The highest BCUT2D eigenvalue weighted by Gasteiger charge is 2.15. The molecule has 1 fully saturated rings. The fourth-order valence-electron chi connectivity index (χ4n) is 1.81. The van der Waals surface area contributed by atoms with Gasteiger partial charge in [-0.05, 0) is 18.8 Å². The summed E-state index contributed by atoms with van der Waals surface area (Å²) in [7, 11) is 0. The molecule has 1 unspecified atom stereocenters. The van der Waals surface area contributed by atoms with Crippen LogP contribution >= 0.6 is 0 Å². The zero-order valence-corrected chi connectivity index (χ0v) is 10.1. The summed E-state index contributed by atoms with van der Waals surface area (Å²) in [6.45, 7) is 2.26. The van der Waals surface area contributed by atoms with Gasteiger partial charge in [-0.1, -0.05) is 0 Å². The van der Waals surface area contributed by atoms with Crippen molar-refractivity contribution in [1.29, 1.82) is 0 Å². The molecular formula is C11H17N5O2. The lowest BCUT2D eigenvalue weighted by atomic mass is 10.1. The molecular weight excluding hydrogens is 234 g/mol. The van der Waals surface area contributed by atoms with Gasteiger partial charge in [0.25, 0.3) is 5.91 Å². The summed E-state index contributed by atoms with van der Waals surface area (Å²) in [5.41, 5.74) is 2.64. The third-order valence-electron chi connectivity index (χ3n) is 2.89. The Labute approximate surface area is 105 Å². The van der Waals surface area contributed by atoms with Crippen LogP contribution in [-0.2, 0) is 4.74 Å². The monoisotopic (exact) mass is 251 g/mol. The van der Waals surface area contributed by atoms with E-state index in [0.29, 0.717) is 18.3 Å². The van der Waals surface area contributed by atoms with E-state index in [2.05, 4.69) is 20.7 Å². The molecule has 1 aromatic heterocycles. The van der Waals surface area contributed by atoms with Crippen molar-refractivity contribution in [2.45, 2.75) is 12.8 Å². The van der Waals surface area contributed by atoms with Crippen molar-refractivity contribution in [1.82, 2.24) is 15.3 Å². The number of carbonyl (C=O) groups excluding carboxylic acids is 1. The highest BCUT2D eigenvalue weighted by molar-refractivity contribution is 5.91. The Hall–Kier alpha value is -1.73. The van der Waals surface area contributed by atoms with Crippen LogP contribution in [0.4, 0.5) is 5.82 Å². The van der Waals surface area contributed by atoms with E-state index >= 15 is 0 Å². The van der Waals surface area contributed by atoms with Crippen LogP contribution in [0.5, 0.6) is 0 Å². The molecule has 1 amide bonds. The minimum Gasteiger partial charge on any atom is -0.381 e. The maximum Gasteiger partial charge on any atom is 0.271 e. The number of hydrogen-bond donors (Lipinski definition) is 3. The number of carbonyl (C=O) groups is 1. The molecule has 7 nitrogen and oxygen atoms in total. The van der Waals surface area contributed by atoms with E-state index in [9.17, 15) is 4.79 Å². The van der Waals surface area contributed by atoms with Crippen molar-refractivity contribution < 1.29 is 9.53 Å². The average Bonchev–Trinajstić information content (AvgIpc) is 2.92. The van der Waals surface area contributed by atoms with Crippen molar-refractivity contribution in [3.63, 3.8) is 0 Å². The fourth-order valence-corrected chi connectivity index (χ4v) is 1.81. The molecule has 1 aliphatic heterocycles. The van der Waals surface area contributed by atoms with E-state index in [-0.39, 0.29) is 11.6 Å². The molecule has 0 spiro atoms. The largest absolute Gasteiger partial charge is 0.381 e. The van der Waals surface area contributed by atoms with Crippen molar-refractivity contribution in [3.8, 4) is 0 Å². The van der Waals surface area contributed by atoms with Crippen LogP contribution in [0.1, 0.15) is 23.3 Å². The number of nitrogens with one attached hydrogen (secondary N) is 2. The third kappa shape index (κ3) is 3.38. The van der Waals surface area contributed by atoms with Crippen molar-refractivity contribution in [2.75, 3.05) is 25.2 Å². The summed E-state index contributed by atoms with van der Waals surface area (Å²) in [4.78, 5) is 19.6. The number of hydrogen-bond acceptors (Lipinski definition) is 6. The van der Waals surface area contributed by atoms with Gasteiger partial charge in [-0.15, -0.1) is 0 Å². The lowest BCUT2D eigenvalue weighted by Gasteiger charge is -2.08. The molecule has 1 aromatic rings. The van der Waals surface area contributed by atoms with Gasteiger partial charge in [0.05, 0.1) is 12.4 Å². The molecule has 0 bridgehead atoms. The molecule has 18 heavy (non-hydrogen) atoms. The Morgan fingerprint density at radius 1 is 1.50 bits per heavy atom. The van der Waals surface area contributed by atoms with Crippen molar-refractivity contribution in [2.24, 2.45) is 11.8 Å². The first-order valence-corrected chi connectivity index (χ1v) is 5.94. The quantitative estimate of drug-likeness (QED) is 0.499. The second-order valence-electron chi connectivity index (χ2n) is 4.21. The summed E-state index contributed by atoms with van der Waals surface area (Å²) in [6, 6.07) is 0. The molecule has 2 heterocycles. The lowest BCUT2D eigenvalue weighted by Crippen LogP contribution is -2.27. The van der Waals surface area contributed by atoms with Gasteiger partial charge in [-0.3, -0.25) is 4.79 Å². The molecule has 0 saturated carbocycles. The van der Waals surface area contributed by atoms with E-state index in [4.69, 9.17) is 10.6 Å². The molecule has 0 aromatic carbocycles. The first-order chi connectivity index (χ1) is 8.79. The number of aromatic nitrogens is 2. The molecule has 0 aliphatic carbocycles. The zero-order chi connectivity index (χ0) is 12.8. The SMILES string of the molecule is NNc1cnc(C(=O)NCCC2CCOC2)cn1. The molecule has 1 saturated heterocycles. The van der Waals surface area contributed by atoms with E-state index < -0.39 is 0 Å². The standard InChI is InChI=1S/C11H17N5O2/c12-16-10-6-14-9(5-15-10)11(17)13-3-1-8-2-4-18-7-8/h5-6,8H,1-4,7,12H2,(H,13,17)(H,15,16). The minimum atomic E-state index is -0.218. The molecule has 0 radical (unpaired) electrons. The maximum atomic E-state index is 11.7. The van der Waals surface area contributed by atoms with Gasteiger partial charge in [0, 0.05) is 19.8 Å². The Bertz CT molecular complexity index is 389. The number of nitrogens with zero attached hydrogens (tertiary/aromatic N) is 2. The van der Waals surface area contributed by atoms with Gasteiger partial charge in [-0.25, -0.2) is 15.8 Å². The number of amides is 1. The molecule has 1 atom stereocenters. The third-order valence-corrected chi connectivity index (χ3v) is 2.89. The van der Waals surface area contributed by atoms with E-state index in [0.717, 1.165) is 26.1 Å². The molecule has 1 aliphatic rings. The van der Waals surface area contributed by atoms with Gasteiger partial charge in [0.1, 0.15) is 5.69 Å². The van der Waals surface area contributed by atoms with Gasteiger partial charge < -0.3 is 15.5 Å². The number of nitrogen functional groups attached to an aromatic ring is 1. The van der Waals surface area contributed by atoms with Crippen molar-refractivity contribution in [3.05, 3.63) is 18.1 Å². The fraction of sp³-hybridized carbons (Fsp3) is 0.545. The molecule has 7 heteroatoms. The van der Waals surface area contributed by atoms with Crippen LogP contribution in [0.15, 0.2) is 12.4 Å². The van der Waals surface area contributed by atoms with Crippen LogP contribution in [0.25, 0.3) is 0 Å². The lowest BCUT2D eigenvalue weighted by molar-refractivity contribution is 0.0945. The minimum absolute atomic E-state index is 0.218. The van der Waals surface area contributed by atoms with Gasteiger partial charge in [0.2, 0.25) is 0 Å². The number of rotatable bonds is 5. The van der Waals surface area contributed by atoms with Crippen LogP contribution in [0, 0.1) is 5.92 Å². The predicted octanol–water partition coefficient (Wildman–Crippen LogP) is -0.0814. The van der Waals surface area contributed by atoms with E-state index in [1.807, 2.05) is 0 Å². The highest BCUT2D eigenvalue weighted by atomic mass is 16.5. The summed E-state index contributed by atoms with van der Waals surface area (Å²) < 4.78 is 5.27. The van der Waals surface area contributed by atoms with Crippen LogP contribution in [-0.4, -0.2) is 35.6 Å². The number of nitrogens with two attached hydrogens (primary N) is 1. The Morgan fingerprint density at radius 3 is 3.00 bits per heavy atom. The second-order valence-corrected chi connectivity index (χ2v) is 4.21. The molecule has 2 rings (SSSR count). The summed E-state index contributed by atoms with van der Waals surface area (Å²) in [6.07, 6.45) is 4.82. The Morgan fingerprint density at radius 2 is 2.39 bits per heavy atom. The summed E-state index contributed by atoms with van der Waals surface area (Å²) in [5, 5.41) is 2.81. The average molecular weight is 251 g/mol. The number of hydrazine groups is 1. The van der Waals surface area contributed by atoms with Crippen molar-refractivity contribution >= 4 is 11.7 Å². The van der Waals surface area contributed by atoms with Crippen LogP contribution < -0.4 is 16.6 Å². The predicted molar refractivity (Wildman–Crippen MR) is 65.7 cm³/mol. The maximum absolute atomic E-state index is 11.7. The van der Waals surface area contributed by atoms with Gasteiger partial charge in [-0.2, -0.15) is 0 Å². The summed E-state index contributed by atoms with van der Waals surface area (Å²) in [5.74, 6) is 5.92. The van der Waals surface area contributed by atoms with Gasteiger partial charge >= 0.3 is 0 Å². The molecule has 98 valence electrons. The highest BCUT2D eigenvalue weighted by Crippen LogP contribution is 2.15. The Balaban J connectivity index is 1.76. The van der Waals surface area contributed by atoms with Crippen LogP contribution in [0.2, 0.25) is 0 Å². The zero-order valence-electron chi connectivity index (χ0n) is 10.1. The van der Waals surface area contributed by atoms with E-state index in [1.165, 1.54) is 12.4 Å². The second kappa shape index (κ2) is 6.27. The number of ether oxygens (including phenoxy) is 1. The van der Waals surface area contributed by atoms with Crippen LogP contribution in [0.3, 0.4) is 0 Å². The first-order valence-electron chi connectivity index (χ1n) is 5.94. The topological polar surface area (TPSA) is 102 Å². The molecule has 4 N–H and O–H groups in total. The smallest absolute Gasteiger partial charge is 0.271 e. The van der Waals surface area contributed by atoms with Gasteiger partial charge in [0.15, 0.2) is 5.82 Å². The van der Waals surface area contributed by atoms with E-state index in [1.54, 1.807) is 0 Å². The normalized spacial score (nSPS) is 18.6. The first kappa shape index (κ1) is 12.7.